The van der Waals surface area contributed by atoms with Gasteiger partial charge in [0.1, 0.15) is 0 Å². The quantitative estimate of drug-likeness (QED) is 0.399. The molecule has 15 heteroatoms. The van der Waals surface area contributed by atoms with Gasteiger partial charge in [0.15, 0.2) is 0 Å². The first-order valence-corrected chi connectivity index (χ1v) is 14.9. The number of aliphatic carboxylic acids is 1. The molecule has 0 saturated carbocycles. The molecule has 1 aromatic heterocycles. The fraction of sp³-hybridized carbons (Fsp3) is 0.333. The number of sulfonamides is 1. The molecule has 1 N–H and O–H groups in total. The van der Waals surface area contributed by atoms with Gasteiger partial charge in [0.2, 0.25) is 19.9 Å². The predicted octanol–water partition coefficient (Wildman–Crippen LogP) is 4.56. The number of aromatic nitrogens is 2. The van der Waals surface area contributed by atoms with Gasteiger partial charge in [0.05, 0.1) is 45.5 Å². The number of hydrogen-bond acceptors (Lipinski definition) is 6. The molecule has 2 aromatic carbocycles. The van der Waals surface area contributed by atoms with Crippen LogP contribution in [0.25, 0.3) is 0 Å². The second-order valence-electron chi connectivity index (χ2n) is 8.99. The largest absolute Gasteiger partial charge is 0.481 e. The maximum Gasteiger partial charge on any atom is 0.416 e. The van der Waals surface area contributed by atoms with E-state index in [1.807, 2.05) is 0 Å². The zero-order valence-electron chi connectivity index (χ0n) is 20.4. The van der Waals surface area contributed by atoms with Crippen LogP contribution < -0.4 is 0 Å². The number of sulfone groups is 1. The Labute approximate surface area is 227 Å². The Morgan fingerprint density at radius 2 is 1.74 bits per heavy atom. The number of rotatable bonds is 8. The van der Waals surface area contributed by atoms with Gasteiger partial charge in [-0.1, -0.05) is 11.6 Å². The van der Waals surface area contributed by atoms with Crippen LogP contribution >= 0.6 is 11.6 Å². The predicted molar refractivity (Wildman–Crippen MR) is 133 cm³/mol. The first-order chi connectivity index (χ1) is 18.1. The van der Waals surface area contributed by atoms with E-state index >= 15 is 0 Å². The van der Waals surface area contributed by atoms with E-state index in [0.717, 1.165) is 16.4 Å². The molecule has 0 aliphatic heterocycles. The summed E-state index contributed by atoms with van der Waals surface area (Å²) in [5.41, 5.74) is -0.279. The normalized spacial score (nSPS) is 16.3. The number of fused-ring (bicyclic) bond motifs is 1. The summed E-state index contributed by atoms with van der Waals surface area (Å²) in [5, 5.41) is 13.4. The first-order valence-electron chi connectivity index (χ1n) is 11.6. The van der Waals surface area contributed by atoms with Crippen LogP contribution in [0, 0.1) is 0 Å². The molecule has 9 nitrogen and oxygen atoms in total. The van der Waals surface area contributed by atoms with E-state index in [4.69, 9.17) is 16.7 Å². The van der Waals surface area contributed by atoms with Gasteiger partial charge in [-0.15, -0.1) is 0 Å². The number of carboxylic acid groups (broad SMARTS) is 1. The third-order valence-corrected chi connectivity index (χ3v) is 10.4. The maximum absolute atomic E-state index is 13.8. The van der Waals surface area contributed by atoms with Crippen LogP contribution in [0.4, 0.5) is 13.2 Å². The Morgan fingerprint density at radius 1 is 1.10 bits per heavy atom. The average molecular weight is 606 g/mol. The highest BCUT2D eigenvalue weighted by atomic mass is 35.5. The van der Waals surface area contributed by atoms with Gasteiger partial charge in [-0.2, -0.15) is 22.6 Å². The lowest BCUT2D eigenvalue weighted by Gasteiger charge is -2.31. The van der Waals surface area contributed by atoms with Crippen LogP contribution in [0.15, 0.2) is 63.3 Å². The number of hydrogen-bond donors (Lipinski definition) is 1. The molecule has 1 atom stereocenters. The highest BCUT2D eigenvalue weighted by Crippen LogP contribution is 2.39. The van der Waals surface area contributed by atoms with Gasteiger partial charge in [0.25, 0.3) is 0 Å². The SMILES string of the molecule is CN([C@@H]1CCCc2c1cnn2CCC(=O)O)S(=O)(=O)c1cc(C(F)(F)F)cc(S(=O)(=O)c2ccc(Cl)cc2)c1. The van der Waals surface area contributed by atoms with Gasteiger partial charge in [0, 0.05) is 23.3 Å². The van der Waals surface area contributed by atoms with Crippen molar-refractivity contribution in [2.75, 3.05) is 7.05 Å². The van der Waals surface area contributed by atoms with Gasteiger partial charge in [-0.25, -0.2) is 16.8 Å². The van der Waals surface area contributed by atoms with Crippen LogP contribution in [0.3, 0.4) is 0 Å². The minimum Gasteiger partial charge on any atom is -0.481 e. The summed E-state index contributed by atoms with van der Waals surface area (Å²) < 4.78 is 97.4. The third kappa shape index (κ3) is 5.83. The highest BCUT2D eigenvalue weighted by Gasteiger charge is 2.38. The van der Waals surface area contributed by atoms with Crippen molar-refractivity contribution >= 4 is 37.4 Å². The van der Waals surface area contributed by atoms with Gasteiger partial charge in [-0.05, 0) is 61.7 Å². The Kier molecular flexibility index (Phi) is 7.87. The molecule has 0 saturated heterocycles. The molecule has 4 rings (SSSR count). The Hall–Kier alpha value is -2.94. The third-order valence-electron chi connectivity index (χ3n) is 6.53. The minimum absolute atomic E-state index is 0.0768. The van der Waals surface area contributed by atoms with Crippen molar-refractivity contribution in [2.24, 2.45) is 0 Å². The van der Waals surface area contributed by atoms with Crippen LogP contribution in [0.2, 0.25) is 5.02 Å². The van der Waals surface area contributed by atoms with E-state index in [9.17, 15) is 34.8 Å². The molecule has 0 unspecified atom stereocenters. The number of nitrogens with zero attached hydrogens (tertiary/aromatic N) is 3. The van der Waals surface area contributed by atoms with Crippen LogP contribution in [-0.2, 0) is 43.8 Å². The highest BCUT2D eigenvalue weighted by molar-refractivity contribution is 7.91. The molecule has 0 radical (unpaired) electrons. The van der Waals surface area contributed by atoms with Crippen molar-refractivity contribution in [1.82, 2.24) is 14.1 Å². The van der Waals surface area contributed by atoms with E-state index in [0.29, 0.717) is 48.7 Å². The maximum atomic E-state index is 13.8. The van der Waals surface area contributed by atoms with Crippen molar-refractivity contribution in [3.8, 4) is 0 Å². The summed E-state index contributed by atoms with van der Waals surface area (Å²) in [6.07, 6.45) is -2.42. The van der Waals surface area contributed by atoms with E-state index in [1.165, 1.54) is 30.1 Å². The van der Waals surface area contributed by atoms with Crippen molar-refractivity contribution in [3.05, 3.63) is 70.5 Å². The topological polar surface area (TPSA) is 127 Å². The average Bonchev–Trinajstić information content (AvgIpc) is 3.29. The number of aryl methyl sites for hydroxylation is 1. The van der Waals surface area contributed by atoms with Crippen molar-refractivity contribution in [2.45, 2.75) is 59.1 Å². The monoisotopic (exact) mass is 605 g/mol. The summed E-state index contributed by atoms with van der Waals surface area (Å²) in [6, 6.07) is 5.46. The molecule has 0 spiro atoms. The number of halogens is 4. The number of alkyl halides is 3. The van der Waals surface area contributed by atoms with Crippen LogP contribution in [-0.4, -0.2) is 49.0 Å². The van der Waals surface area contributed by atoms with Crippen molar-refractivity contribution < 1.29 is 39.9 Å². The lowest BCUT2D eigenvalue weighted by atomic mass is 9.93. The fourth-order valence-electron chi connectivity index (χ4n) is 4.49. The zero-order chi connectivity index (χ0) is 28.8. The summed E-state index contributed by atoms with van der Waals surface area (Å²) in [6.45, 7) is 0.0768. The standard InChI is InChI=1S/C24H23ClF3N3O6S2/c1-30(21-3-2-4-22-20(21)14-29-31(22)10-9-23(32)33)39(36,37)19-12-15(24(26,27)28)11-18(13-19)38(34,35)17-7-5-16(25)6-8-17/h5-8,11-14,21H,2-4,9-10H2,1H3,(H,32,33)/t21-/m1/s1. The minimum atomic E-state index is -5.03. The summed E-state index contributed by atoms with van der Waals surface area (Å²) in [4.78, 5) is 8.94. The van der Waals surface area contributed by atoms with Gasteiger partial charge >= 0.3 is 12.1 Å². The van der Waals surface area contributed by atoms with E-state index in [1.54, 1.807) is 0 Å². The summed E-state index contributed by atoms with van der Waals surface area (Å²) >= 11 is 5.79. The van der Waals surface area contributed by atoms with E-state index in [2.05, 4.69) is 5.10 Å². The Morgan fingerprint density at radius 3 is 2.36 bits per heavy atom. The van der Waals surface area contributed by atoms with Crippen LogP contribution in [0.5, 0.6) is 0 Å². The molecular formula is C24H23ClF3N3O6S2. The molecule has 0 bridgehead atoms. The van der Waals surface area contributed by atoms with Crippen molar-refractivity contribution in [3.63, 3.8) is 0 Å². The molecule has 1 aliphatic carbocycles. The molecule has 0 amide bonds. The lowest BCUT2D eigenvalue weighted by molar-refractivity contribution is -0.138. The van der Waals surface area contributed by atoms with Crippen molar-refractivity contribution in [1.29, 1.82) is 0 Å². The van der Waals surface area contributed by atoms with Gasteiger partial charge < -0.3 is 5.11 Å². The van der Waals surface area contributed by atoms with E-state index < -0.39 is 53.4 Å². The number of benzene rings is 2. The Bertz CT molecular complexity index is 1620. The first kappa shape index (κ1) is 29.1. The lowest BCUT2D eigenvalue weighted by Crippen LogP contribution is -2.33. The Balaban J connectivity index is 1.78. The molecule has 210 valence electrons. The molecule has 0 fully saturated rings. The molecule has 1 aliphatic rings. The second-order valence-corrected chi connectivity index (χ2v) is 13.4. The smallest absolute Gasteiger partial charge is 0.416 e. The number of carbonyl (C=O) groups is 1. The molecule has 1 heterocycles. The summed E-state index contributed by atoms with van der Waals surface area (Å²) in [7, 11) is -7.96. The van der Waals surface area contributed by atoms with Crippen LogP contribution in [0.1, 0.15) is 42.1 Å². The fourth-order valence-corrected chi connectivity index (χ4v) is 7.46. The molecule has 39 heavy (non-hydrogen) atoms. The second kappa shape index (κ2) is 10.6. The molecule has 3 aromatic rings. The zero-order valence-corrected chi connectivity index (χ0v) is 22.8. The van der Waals surface area contributed by atoms with Gasteiger partial charge in [-0.3, -0.25) is 9.48 Å². The van der Waals surface area contributed by atoms with E-state index in [-0.39, 0.29) is 22.9 Å². The summed E-state index contributed by atoms with van der Waals surface area (Å²) in [5.74, 6) is -1.03. The molecular weight excluding hydrogens is 583 g/mol. The number of carboxylic acids is 1.